The van der Waals surface area contributed by atoms with Gasteiger partial charge < -0.3 is 20.9 Å². The highest BCUT2D eigenvalue weighted by atomic mass is 19.3. The van der Waals surface area contributed by atoms with Gasteiger partial charge in [-0.3, -0.25) is 4.79 Å². The first kappa shape index (κ1) is 25.3. The van der Waals surface area contributed by atoms with E-state index in [0.29, 0.717) is 43.3 Å². The largest absolute Gasteiger partial charge is 0.338 e. The van der Waals surface area contributed by atoms with Crippen molar-refractivity contribution in [2.45, 2.75) is 56.4 Å². The number of nitrogens with zero attached hydrogens (tertiary/aromatic N) is 2. The topological polar surface area (TPSA) is 78.7 Å². The number of hydrogen-bond donors (Lipinski definition) is 2. The minimum Gasteiger partial charge on any atom is -0.338 e. The van der Waals surface area contributed by atoms with Crippen LogP contribution >= 0.6 is 0 Å². The molecule has 0 bridgehead atoms. The fraction of sp³-hybridized carbons (Fsp3) is 0.652. The van der Waals surface area contributed by atoms with Gasteiger partial charge in [-0.25, -0.2) is 4.79 Å². The van der Waals surface area contributed by atoms with E-state index in [1.165, 1.54) is 5.56 Å². The van der Waals surface area contributed by atoms with Crippen LogP contribution in [0.2, 0.25) is 0 Å². The lowest BCUT2D eigenvalue weighted by Crippen LogP contribution is -2.45. The summed E-state index contributed by atoms with van der Waals surface area (Å²) in [5.74, 6) is -8.80. The van der Waals surface area contributed by atoms with Crippen molar-refractivity contribution >= 4 is 11.9 Å². The average Bonchev–Trinajstić information content (AvgIpc) is 3.00. The average molecular weight is 473 g/mol. The van der Waals surface area contributed by atoms with E-state index in [4.69, 9.17) is 5.73 Å². The number of benzene rings is 1. The summed E-state index contributed by atoms with van der Waals surface area (Å²) in [5, 5.41) is 2.85. The third-order valence-electron chi connectivity index (χ3n) is 6.43. The summed E-state index contributed by atoms with van der Waals surface area (Å²) in [6.07, 6.45) is 4.10. The molecule has 0 saturated carbocycles. The van der Waals surface area contributed by atoms with Gasteiger partial charge in [0.05, 0.1) is 19.1 Å². The lowest BCUT2D eigenvalue weighted by Gasteiger charge is -2.32. The lowest BCUT2D eigenvalue weighted by atomic mass is 9.90. The smallest absolute Gasteiger partial charge is 0.329 e. The van der Waals surface area contributed by atoms with Gasteiger partial charge in [-0.05, 0) is 50.0 Å². The number of rotatable bonds is 8. The second-order valence-electron chi connectivity index (χ2n) is 9.06. The molecular weight excluding hydrogens is 440 g/mol. The molecule has 1 aromatic carbocycles. The molecule has 2 aliphatic heterocycles. The number of hydrogen-bond acceptors (Lipinski definition) is 3. The van der Waals surface area contributed by atoms with Gasteiger partial charge >= 0.3 is 17.9 Å². The Balaban J connectivity index is 1.28. The van der Waals surface area contributed by atoms with E-state index in [1.807, 2.05) is 18.2 Å². The van der Waals surface area contributed by atoms with Crippen molar-refractivity contribution in [3.8, 4) is 0 Å². The number of alkyl halides is 4. The number of carbonyl (C=O) groups excluding carboxylic acids is 2. The van der Waals surface area contributed by atoms with Gasteiger partial charge in [-0.2, -0.15) is 17.6 Å². The minimum atomic E-state index is -4.23. The molecule has 10 heteroatoms. The molecule has 6 nitrogen and oxygen atoms in total. The Kier molecular flexibility index (Phi) is 8.20. The van der Waals surface area contributed by atoms with Crippen molar-refractivity contribution < 1.29 is 27.2 Å². The zero-order valence-corrected chi connectivity index (χ0v) is 18.6. The fourth-order valence-electron chi connectivity index (χ4n) is 4.36. The predicted molar refractivity (Wildman–Crippen MR) is 116 cm³/mol. The second kappa shape index (κ2) is 10.7. The standard InChI is InChI=1S/C23H32F4N4O2/c24-22(25)15-31(16-23(22,26)27)20(32)19(28)8-4-5-11-29-21(33)30-12-9-18(10-13-30)14-17-6-2-1-3-7-17/h1-3,6-7,18-19H,4-5,8-16,28H2,(H,29,33)/t19-/m0/s1. The number of nitrogens with one attached hydrogen (secondary N) is 1. The summed E-state index contributed by atoms with van der Waals surface area (Å²) in [4.78, 5) is 26.7. The molecule has 3 rings (SSSR count). The van der Waals surface area contributed by atoms with Crippen LogP contribution in [0.3, 0.4) is 0 Å². The number of amides is 3. The van der Waals surface area contributed by atoms with Crippen LogP contribution < -0.4 is 11.1 Å². The Labute approximate surface area is 191 Å². The van der Waals surface area contributed by atoms with E-state index < -0.39 is 36.9 Å². The lowest BCUT2D eigenvalue weighted by molar-refractivity contribution is -0.172. The first-order valence-electron chi connectivity index (χ1n) is 11.5. The van der Waals surface area contributed by atoms with E-state index >= 15 is 0 Å². The molecule has 184 valence electrons. The molecule has 33 heavy (non-hydrogen) atoms. The highest BCUT2D eigenvalue weighted by Crippen LogP contribution is 2.41. The quantitative estimate of drug-likeness (QED) is 0.450. The summed E-state index contributed by atoms with van der Waals surface area (Å²) in [7, 11) is 0. The van der Waals surface area contributed by atoms with Crippen molar-refractivity contribution in [3.05, 3.63) is 35.9 Å². The molecule has 1 aromatic rings. The number of urea groups is 1. The van der Waals surface area contributed by atoms with E-state index in [-0.39, 0.29) is 12.5 Å². The molecule has 1 atom stereocenters. The number of unbranched alkanes of at least 4 members (excludes halogenated alkanes) is 1. The third-order valence-corrected chi connectivity index (χ3v) is 6.43. The van der Waals surface area contributed by atoms with Crippen LogP contribution in [0.15, 0.2) is 30.3 Å². The first-order chi connectivity index (χ1) is 15.6. The maximum absolute atomic E-state index is 13.3. The molecule has 2 fully saturated rings. The first-order valence-corrected chi connectivity index (χ1v) is 11.5. The Hall–Kier alpha value is -2.36. The summed E-state index contributed by atoms with van der Waals surface area (Å²) in [6, 6.07) is 9.05. The Bertz CT molecular complexity index is 785. The van der Waals surface area contributed by atoms with Crippen LogP contribution in [0.5, 0.6) is 0 Å². The van der Waals surface area contributed by atoms with Crippen LogP contribution in [0, 0.1) is 5.92 Å². The number of carbonyl (C=O) groups is 2. The minimum absolute atomic E-state index is 0.130. The SMILES string of the molecule is N[C@@H](CCCCNC(=O)N1CCC(Cc2ccccc2)CC1)C(=O)N1CC(F)(F)C(F)(F)C1. The summed E-state index contributed by atoms with van der Waals surface area (Å²) in [6.45, 7) is -0.833. The molecule has 3 N–H and O–H groups in total. The maximum atomic E-state index is 13.3. The summed E-state index contributed by atoms with van der Waals surface area (Å²) < 4.78 is 53.1. The highest BCUT2D eigenvalue weighted by Gasteiger charge is 2.64. The second-order valence-corrected chi connectivity index (χ2v) is 9.06. The van der Waals surface area contributed by atoms with Crippen molar-refractivity contribution in [2.75, 3.05) is 32.7 Å². The fourth-order valence-corrected chi connectivity index (χ4v) is 4.36. The Morgan fingerprint density at radius 2 is 1.61 bits per heavy atom. The maximum Gasteiger partial charge on any atom is 0.329 e. The zero-order valence-electron chi connectivity index (χ0n) is 18.6. The molecule has 0 radical (unpaired) electrons. The number of piperidine rings is 1. The zero-order chi connectivity index (χ0) is 24.1. The normalized spacial score (nSPS) is 21.1. The summed E-state index contributed by atoms with van der Waals surface area (Å²) >= 11 is 0. The van der Waals surface area contributed by atoms with Crippen LogP contribution in [0.4, 0.5) is 22.4 Å². The van der Waals surface area contributed by atoms with Gasteiger partial charge in [0, 0.05) is 19.6 Å². The predicted octanol–water partition coefficient (Wildman–Crippen LogP) is 3.26. The van der Waals surface area contributed by atoms with Gasteiger partial charge in [0.1, 0.15) is 0 Å². The molecule has 2 heterocycles. The van der Waals surface area contributed by atoms with Crippen molar-refractivity contribution in [1.29, 1.82) is 0 Å². The number of halogens is 4. The molecule has 3 amide bonds. The molecule has 0 aliphatic carbocycles. The molecule has 0 aromatic heterocycles. The van der Waals surface area contributed by atoms with Crippen molar-refractivity contribution in [1.82, 2.24) is 15.1 Å². The third kappa shape index (κ3) is 6.59. The van der Waals surface area contributed by atoms with Gasteiger partial charge in [-0.1, -0.05) is 30.3 Å². The molecule has 0 spiro atoms. The van der Waals surface area contributed by atoms with Gasteiger partial charge in [0.2, 0.25) is 5.91 Å². The highest BCUT2D eigenvalue weighted by molar-refractivity contribution is 5.82. The van der Waals surface area contributed by atoms with Crippen LogP contribution in [-0.2, 0) is 11.2 Å². The van der Waals surface area contributed by atoms with Gasteiger partial charge in [-0.15, -0.1) is 0 Å². The van der Waals surface area contributed by atoms with Crippen molar-refractivity contribution in [2.24, 2.45) is 11.7 Å². The number of likely N-dealkylation sites (tertiary alicyclic amines) is 2. The number of nitrogens with two attached hydrogens (primary N) is 1. The van der Waals surface area contributed by atoms with E-state index in [1.54, 1.807) is 4.90 Å². The van der Waals surface area contributed by atoms with Gasteiger partial charge in [0.15, 0.2) is 0 Å². The molecule has 2 aliphatic rings. The van der Waals surface area contributed by atoms with E-state index in [2.05, 4.69) is 17.4 Å². The molecular formula is C23H32F4N4O2. The van der Waals surface area contributed by atoms with Crippen LogP contribution in [0.1, 0.15) is 37.7 Å². The molecule has 0 unspecified atom stereocenters. The monoisotopic (exact) mass is 472 g/mol. The van der Waals surface area contributed by atoms with E-state index in [0.717, 1.165) is 19.3 Å². The van der Waals surface area contributed by atoms with Crippen LogP contribution in [-0.4, -0.2) is 72.3 Å². The van der Waals surface area contributed by atoms with Crippen molar-refractivity contribution in [3.63, 3.8) is 0 Å². The molecule has 2 saturated heterocycles. The van der Waals surface area contributed by atoms with Crippen LogP contribution in [0.25, 0.3) is 0 Å². The Morgan fingerprint density at radius 3 is 2.21 bits per heavy atom. The summed E-state index contributed by atoms with van der Waals surface area (Å²) in [5.41, 5.74) is 7.03. The van der Waals surface area contributed by atoms with Gasteiger partial charge in [0.25, 0.3) is 0 Å². The van der Waals surface area contributed by atoms with E-state index in [9.17, 15) is 27.2 Å². The Morgan fingerprint density at radius 1 is 1.00 bits per heavy atom.